The topological polar surface area (TPSA) is 54.2 Å². The first-order chi connectivity index (χ1) is 9.66. The van der Waals surface area contributed by atoms with Gasteiger partial charge in [-0.05, 0) is 38.8 Å². The summed E-state index contributed by atoms with van der Waals surface area (Å²) in [5.74, 6) is 0. The van der Waals surface area contributed by atoms with Gasteiger partial charge in [0.15, 0.2) is 0 Å². The monoisotopic (exact) mass is 270 g/mol. The SMILES string of the molecule is CC1CCCC(C)N1Nc1ccc2cnccc2c1N. The molecule has 0 saturated carbocycles. The van der Waals surface area contributed by atoms with Gasteiger partial charge in [-0.3, -0.25) is 4.98 Å². The summed E-state index contributed by atoms with van der Waals surface area (Å²) in [5, 5.41) is 4.47. The van der Waals surface area contributed by atoms with Crippen molar-refractivity contribution in [1.29, 1.82) is 0 Å². The largest absolute Gasteiger partial charge is 0.397 e. The van der Waals surface area contributed by atoms with Crippen LogP contribution in [0.15, 0.2) is 30.6 Å². The smallest absolute Gasteiger partial charge is 0.0726 e. The Labute approximate surface area is 120 Å². The van der Waals surface area contributed by atoms with Gasteiger partial charge in [0.25, 0.3) is 0 Å². The van der Waals surface area contributed by atoms with Crippen molar-refractivity contribution in [2.75, 3.05) is 11.2 Å². The quantitative estimate of drug-likeness (QED) is 0.821. The number of pyridine rings is 1. The molecule has 1 aliphatic rings. The highest BCUT2D eigenvalue weighted by Crippen LogP contribution is 2.30. The van der Waals surface area contributed by atoms with E-state index in [0.717, 1.165) is 22.1 Å². The van der Waals surface area contributed by atoms with Crippen molar-refractivity contribution < 1.29 is 0 Å². The molecule has 1 fully saturated rings. The molecule has 1 aromatic carbocycles. The minimum absolute atomic E-state index is 0.534. The summed E-state index contributed by atoms with van der Waals surface area (Å²) in [6.45, 7) is 4.54. The molecule has 2 atom stereocenters. The molecule has 0 amide bonds. The zero-order chi connectivity index (χ0) is 14.1. The van der Waals surface area contributed by atoms with E-state index < -0.39 is 0 Å². The molecular weight excluding hydrogens is 248 g/mol. The predicted molar refractivity (Wildman–Crippen MR) is 84.4 cm³/mol. The number of hydrogen-bond acceptors (Lipinski definition) is 4. The van der Waals surface area contributed by atoms with E-state index in [1.165, 1.54) is 19.3 Å². The fourth-order valence-corrected chi connectivity index (χ4v) is 3.07. The number of nitrogen functional groups attached to an aromatic ring is 1. The third-order valence-corrected chi connectivity index (χ3v) is 4.30. The maximum absolute atomic E-state index is 6.31. The van der Waals surface area contributed by atoms with Crippen LogP contribution in [0.3, 0.4) is 0 Å². The van der Waals surface area contributed by atoms with E-state index >= 15 is 0 Å². The zero-order valence-corrected chi connectivity index (χ0v) is 12.1. The van der Waals surface area contributed by atoms with E-state index in [9.17, 15) is 0 Å². The van der Waals surface area contributed by atoms with E-state index in [4.69, 9.17) is 5.73 Å². The number of fused-ring (bicyclic) bond motifs is 1. The summed E-state index contributed by atoms with van der Waals surface area (Å²) in [6.07, 6.45) is 7.40. The van der Waals surface area contributed by atoms with Crippen molar-refractivity contribution in [3.63, 3.8) is 0 Å². The lowest BCUT2D eigenvalue weighted by Gasteiger charge is -2.39. The maximum Gasteiger partial charge on any atom is 0.0726 e. The summed E-state index contributed by atoms with van der Waals surface area (Å²) in [5.41, 5.74) is 11.6. The zero-order valence-electron chi connectivity index (χ0n) is 12.1. The number of aromatic nitrogens is 1. The van der Waals surface area contributed by atoms with Gasteiger partial charge >= 0.3 is 0 Å². The van der Waals surface area contributed by atoms with Gasteiger partial charge in [0.1, 0.15) is 0 Å². The van der Waals surface area contributed by atoms with E-state index in [1.807, 2.05) is 18.3 Å². The second-order valence-corrected chi connectivity index (χ2v) is 5.77. The molecule has 0 spiro atoms. The van der Waals surface area contributed by atoms with Crippen LogP contribution in [0.1, 0.15) is 33.1 Å². The Hall–Kier alpha value is -1.81. The number of hydrogen-bond donors (Lipinski definition) is 2. The standard InChI is InChI=1S/C16H22N4/c1-11-4-3-5-12(2)20(11)19-15-7-6-13-10-18-9-8-14(13)16(15)17/h6-12,19H,3-5,17H2,1-2H3. The molecule has 1 aliphatic heterocycles. The molecule has 0 bridgehead atoms. The summed E-state index contributed by atoms with van der Waals surface area (Å²) >= 11 is 0. The third kappa shape index (κ3) is 2.31. The number of nitrogens with two attached hydrogens (primary N) is 1. The van der Waals surface area contributed by atoms with Crippen molar-refractivity contribution in [2.45, 2.75) is 45.2 Å². The lowest BCUT2D eigenvalue weighted by atomic mass is 10.00. The molecule has 20 heavy (non-hydrogen) atoms. The number of benzene rings is 1. The van der Waals surface area contributed by atoms with Gasteiger partial charge in [0.05, 0.1) is 11.4 Å². The van der Waals surface area contributed by atoms with Crippen LogP contribution in [0, 0.1) is 0 Å². The highest BCUT2D eigenvalue weighted by atomic mass is 15.5. The summed E-state index contributed by atoms with van der Waals surface area (Å²) in [7, 11) is 0. The van der Waals surface area contributed by atoms with Crippen LogP contribution in [0.2, 0.25) is 0 Å². The van der Waals surface area contributed by atoms with Gasteiger partial charge in [0, 0.05) is 35.2 Å². The Balaban J connectivity index is 1.92. The molecule has 4 heteroatoms. The molecule has 0 radical (unpaired) electrons. The molecule has 0 aliphatic carbocycles. The van der Waals surface area contributed by atoms with Crippen molar-refractivity contribution in [3.05, 3.63) is 30.6 Å². The summed E-state index contributed by atoms with van der Waals surface area (Å²) in [6, 6.07) is 7.16. The maximum atomic E-state index is 6.31. The van der Waals surface area contributed by atoms with Gasteiger partial charge in [-0.25, -0.2) is 5.01 Å². The van der Waals surface area contributed by atoms with Crippen molar-refractivity contribution >= 4 is 22.1 Å². The third-order valence-electron chi connectivity index (χ3n) is 4.30. The van der Waals surface area contributed by atoms with Gasteiger partial charge < -0.3 is 11.2 Å². The van der Waals surface area contributed by atoms with Crippen LogP contribution >= 0.6 is 0 Å². The average molecular weight is 270 g/mol. The van der Waals surface area contributed by atoms with Crippen molar-refractivity contribution in [2.24, 2.45) is 0 Å². The molecule has 1 saturated heterocycles. The average Bonchev–Trinajstić information content (AvgIpc) is 2.45. The Morgan fingerprint density at radius 2 is 1.95 bits per heavy atom. The van der Waals surface area contributed by atoms with Gasteiger partial charge in [-0.1, -0.05) is 12.5 Å². The normalized spacial score (nSPS) is 23.9. The molecule has 106 valence electrons. The number of nitrogens with one attached hydrogen (secondary N) is 1. The fraction of sp³-hybridized carbons (Fsp3) is 0.438. The van der Waals surface area contributed by atoms with Crippen LogP contribution in [-0.4, -0.2) is 22.1 Å². The molecule has 2 unspecified atom stereocenters. The molecule has 2 aromatic rings. The Morgan fingerprint density at radius 3 is 2.70 bits per heavy atom. The first-order valence-electron chi connectivity index (χ1n) is 7.34. The van der Waals surface area contributed by atoms with E-state index in [-0.39, 0.29) is 0 Å². The molecule has 1 aromatic heterocycles. The minimum atomic E-state index is 0.534. The van der Waals surface area contributed by atoms with Gasteiger partial charge in [-0.15, -0.1) is 0 Å². The molecule has 3 N–H and O–H groups in total. The van der Waals surface area contributed by atoms with Gasteiger partial charge in [0.2, 0.25) is 0 Å². The lowest BCUT2D eigenvalue weighted by molar-refractivity contribution is 0.136. The second kappa shape index (κ2) is 5.29. The second-order valence-electron chi connectivity index (χ2n) is 5.77. The van der Waals surface area contributed by atoms with E-state index in [1.54, 1.807) is 6.20 Å². The lowest BCUT2D eigenvalue weighted by Crippen LogP contribution is -2.47. The fourth-order valence-electron chi connectivity index (χ4n) is 3.07. The first kappa shape index (κ1) is 13.2. The van der Waals surface area contributed by atoms with Crippen LogP contribution < -0.4 is 11.2 Å². The summed E-state index contributed by atoms with van der Waals surface area (Å²) in [4.78, 5) is 4.14. The number of hydrazine groups is 1. The van der Waals surface area contributed by atoms with Gasteiger partial charge in [-0.2, -0.15) is 0 Å². The molecule has 4 nitrogen and oxygen atoms in total. The predicted octanol–water partition coefficient (Wildman–Crippen LogP) is 3.41. The molecule has 3 rings (SSSR count). The van der Waals surface area contributed by atoms with Crippen LogP contribution in [-0.2, 0) is 0 Å². The molecule has 2 heterocycles. The highest BCUT2D eigenvalue weighted by molar-refractivity contribution is 5.98. The van der Waals surface area contributed by atoms with Crippen molar-refractivity contribution in [1.82, 2.24) is 9.99 Å². The Bertz CT molecular complexity index is 600. The van der Waals surface area contributed by atoms with Crippen LogP contribution in [0.5, 0.6) is 0 Å². The number of piperidine rings is 1. The first-order valence-corrected chi connectivity index (χ1v) is 7.34. The molecular formula is C16H22N4. The highest BCUT2D eigenvalue weighted by Gasteiger charge is 2.25. The number of nitrogens with zero attached hydrogens (tertiary/aromatic N) is 2. The van der Waals surface area contributed by atoms with E-state index in [0.29, 0.717) is 12.1 Å². The van der Waals surface area contributed by atoms with Crippen molar-refractivity contribution in [3.8, 4) is 0 Å². The number of anilines is 2. The van der Waals surface area contributed by atoms with E-state index in [2.05, 4.69) is 35.3 Å². The van der Waals surface area contributed by atoms with Crippen LogP contribution in [0.4, 0.5) is 11.4 Å². The number of rotatable bonds is 2. The Kier molecular flexibility index (Phi) is 3.49. The summed E-state index contributed by atoms with van der Waals surface area (Å²) < 4.78 is 0. The minimum Gasteiger partial charge on any atom is -0.397 e. The van der Waals surface area contributed by atoms with Crippen LogP contribution in [0.25, 0.3) is 10.8 Å². The Morgan fingerprint density at radius 1 is 1.20 bits per heavy atom.